The average Bonchev–Trinajstić information content (AvgIpc) is 2.79. The third-order valence-corrected chi connectivity index (χ3v) is 4.90. The van der Waals surface area contributed by atoms with Crippen LogP contribution in [0.3, 0.4) is 0 Å². The SMILES string of the molecule is CNC(=O)c1ccc(NC(=O)C(Cc2ccccc2)NC(=O)c2ccc(Cl)cc2)cc1. The van der Waals surface area contributed by atoms with Crippen molar-refractivity contribution in [1.82, 2.24) is 10.6 Å². The van der Waals surface area contributed by atoms with E-state index in [1.807, 2.05) is 30.3 Å². The zero-order valence-corrected chi connectivity index (χ0v) is 17.6. The summed E-state index contributed by atoms with van der Waals surface area (Å²) in [6.07, 6.45) is 0.322. The van der Waals surface area contributed by atoms with E-state index in [0.29, 0.717) is 28.3 Å². The summed E-state index contributed by atoms with van der Waals surface area (Å²) in [5, 5.41) is 8.68. The van der Waals surface area contributed by atoms with Gasteiger partial charge < -0.3 is 16.0 Å². The fourth-order valence-corrected chi connectivity index (χ4v) is 3.11. The van der Waals surface area contributed by atoms with Crippen LogP contribution in [0.2, 0.25) is 5.02 Å². The molecule has 0 radical (unpaired) electrons. The van der Waals surface area contributed by atoms with Crippen LogP contribution in [-0.2, 0) is 11.2 Å². The Bertz CT molecular complexity index is 1050. The number of anilines is 1. The maximum atomic E-state index is 13.0. The Morgan fingerprint density at radius 1 is 0.806 bits per heavy atom. The van der Waals surface area contributed by atoms with E-state index < -0.39 is 6.04 Å². The molecule has 0 fully saturated rings. The summed E-state index contributed by atoms with van der Waals surface area (Å²) in [6, 6.07) is 21.6. The van der Waals surface area contributed by atoms with Crippen LogP contribution in [0.4, 0.5) is 5.69 Å². The van der Waals surface area contributed by atoms with Gasteiger partial charge in [0.25, 0.3) is 11.8 Å². The number of carbonyl (C=O) groups excluding carboxylic acids is 3. The van der Waals surface area contributed by atoms with Crippen LogP contribution in [0.5, 0.6) is 0 Å². The van der Waals surface area contributed by atoms with Gasteiger partial charge in [-0.2, -0.15) is 0 Å². The molecule has 0 saturated carbocycles. The standard InChI is InChI=1S/C24H22ClN3O3/c1-26-22(29)17-9-13-20(14-10-17)27-24(31)21(15-16-5-3-2-4-6-16)28-23(30)18-7-11-19(25)12-8-18/h2-14,21H,15H2,1H3,(H,26,29)(H,27,31)(H,28,30). The number of hydrogen-bond acceptors (Lipinski definition) is 3. The fraction of sp³-hybridized carbons (Fsp3) is 0.125. The molecule has 158 valence electrons. The quantitative estimate of drug-likeness (QED) is 0.529. The molecule has 3 rings (SSSR count). The van der Waals surface area contributed by atoms with Gasteiger partial charge in [0, 0.05) is 35.3 Å². The van der Waals surface area contributed by atoms with Crippen molar-refractivity contribution in [2.75, 3.05) is 12.4 Å². The lowest BCUT2D eigenvalue weighted by atomic mass is 10.0. The Balaban J connectivity index is 1.76. The molecule has 3 N–H and O–H groups in total. The molecule has 7 heteroatoms. The number of benzene rings is 3. The maximum Gasteiger partial charge on any atom is 0.251 e. The molecule has 0 aliphatic carbocycles. The largest absolute Gasteiger partial charge is 0.355 e. The molecule has 31 heavy (non-hydrogen) atoms. The van der Waals surface area contributed by atoms with Gasteiger partial charge in [-0.05, 0) is 54.1 Å². The summed E-state index contributed by atoms with van der Waals surface area (Å²) < 4.78 is 0. The number of amides is 3. The average molecular weight is 436 g/mol. The summed E-state index contributed by atoms with van der Waals surface area (Å²) in [4.78, 5) is 37.4. The first-order valence-electron chi connectivity index (χ1n) is 9.69. The molecule has 0 aliphatic rings. The summed E-state index contributed by atoms with van der Waals surface area (Å²) in [6.45, 7) is 0. The highest BCUT2D eigenvalue weighted by Crippen LogP contribution is 2.13. The molecule has 0 aliphatic heterocycles. The van der Waals surface area contributed by atoms with Gasteiger partial charge in [-0.1, -0.05) is 41.9 Å². The van der Waals surface area contributed by atoms with Crippen molar-refractivity contribution in [3.8, 4) is 0 Å². The smallest absolute Gasteiger partial charge is 0.251 e. The van der Waals surface area contributed by atoms with Crippen LogP contribution in [0, 0.1) is 0 Å². The Morgan fingerprint density at radius 2 is 1.39 bits per heavy atom. The van der Waals surface area contributed by atoms with E-state index in [1.54, 1.807) is 55.6 Å². The molecule has 3 aromatic carbocycles. The summed E-state index contributed by atoms with van der Waals surface area (Å²) >= 11 is 5.89. The summed E-state index contributed by atoms with van der Waals surface area (Å²) in [7, 11) is 1.55. The first-order chi connectivity index (χ1) is 15.0. The van der Waals surface area contributed by atoms with Gasteiger partial charge in [-0.25, -0.2) is 0 Å². The normalized spacial score (nSPS) is 11.3. The highest BCUT2D eigenvalue weighted by atomic mass is 35.5. The Labute approximate surface area is 185 Å². The van der Waals surface area contributed by atoms with Gasteiger partial charge in [0.05, 0.1) is 0 Å². The zero-order chi connectivity index (χ0) is 22.2. The van der Waals surface area contributed by atoms with Gasteiger partial charge in [-0.3, -0.25) is 14.4 Å². The van der Waals surface area contributed by atoms with Gasteiger partial charge >= 0.3 is 0 Å². The first-order valence-corrected chi connectivity index (χ1v) is 10.1. The third-order valence-electron chi connectivity index (χ3n) is 4.65. The topological polar surface area (TPSA) is 87.3 Å². The second kappa shape index (κ2) is 10.4. The predicted molar refractivity (Wildman–Crippen MR) is 121 cm³/mol. The number of carbonyl (C=O) groups is 3. The molecule has 1 unspecified atom stereocenters. The van der Waals surface area contributed by atoms with Crippen molar-refractivity contribution >= 4 is 35.0 Å². The van der Waals surface area contributed by atoms with E-state index in [0.717, 1.165) is 5.56 Å². The van der Waals surface area contributed by atoms with E-state index in [4.69, 9.17) is 11.6 Å². The van der Waals surface area contributed by atoms with Crippen molar-refractivity contribution in [3.63, 3.8) is 0 Å². The molecule has 6 nitrogen and oxygen atoms in total. The molecular weight excluding hydrogens is 414 g/mol. The molecule has 0 saturated heterocycles. The van der Waals surface area contributed by atoms with E-state index in [2.05, 4.69) is 16.0 Å². The van der Waals surface area contributed by atoms with Crippen LogP contribution in [0.1, 0.15) is 26.3 Å². The van der Waals surface area contributed by atoms with Crippen LogP contribution < -0.4 is 16.0 Å². The zero-order valence-electron chi connectivity index (χ0n) is 16.9. The minimum atomic E-state index is -0.802. The molecule has 0 heterocycles. The molecular formula is C24H22ClN3O3. The van der Waals surface area contributed by atoms with Crippen LogP contribution in [0.15, 0.2) is 78.9 Å². The third kappa shape index (κ3) is 6.17. The molecule has 0 aromatic heterocycles. The highest BCUT2D eigenvalue weighted by Gasteiger charge is 2.22. The number of hydrogen-bond donors (Lipinski definition) is 3. The summed E-state index contributed by atoms with van der Waals surface area (Å²) in [5.41, 5.74) is 2.33. The van der Waals surface area contributed by atoms with E-state index in [-0.39, 0.29) is 17.7 Å². The van der Waals surface area contributed by atoms with E-state index >= 15 is 0 Å². The summed E-state index contributed by atoms with van der Waals surface area (Å²) in [5.74, 6) is -0.948. The van der Waals surface area contributed by atoms with Crippen molar-refractivity contribution in [2.45, 2.75) is 12.5 Å². The second-order valence-corrected chi connectivity index (χ2v) is 7.30. The van der Waals surface area contributed by atoms with Crippen LogP contribution >= 0.6 is 11.6 Å². The molecule has 3 aromatic rings. The monoisotopic (exact) mass is 435 g/mol. The first kappa shape index (κ1) is 22.1. The van der Waals surface area contributed by atoms with E-state index in [9.17, 15) is 14.4 Å². The lowest BCUT2D eigenvalue weighted by molar-refractivity contribution is -0.118. The second-order valence-electron chi connectivity index (χ2n) is 6.87. The van der Waals surface area contributed by atoms with E-state index in [1.165, 1.54) is 0 Å². The minimum absolute atomic E-state index is 0.213. The Hall–Kier alpha value is -3.64. The van der Waals surface area contributed by atoms with Gasteiger partial charge in [0.1, 0.15) is 6.04 Å². The molecule has 0 spiro atoms. The number of halogens is 1. The van der Waals surface area contributed by atoms with Crippen LogP contribution in [0.25, 0.3) is 0 Å². The van der Waals surface area contributed by atoms with Crippen molar-refractivity contribution < 1.29 is 14.4 Å². The Kier molecular flexibility index (Phi) is 7.40. The lowest BCUT2D eigenvalue weighted by Gasteiger charge is -2.19. The minimum Gasteiger partial charge on any atom is -0.355 e. The van der Waals surface area contributed by atoms with Crippen molar-refractivity contribution in [3.05, 3.63) is 101 Å². The van der Waals surface area contributed by atoms with Gasteiger partial charge in [-0.15, -0.1) is 0 Å². The lowest BCUT2D eigenvalue weighted by Crippen LogP contribution is -2.45. The van der Waals surface area contributed by atoms with Gasteiger partial charge in [0.15, 0.2) is 0 Å². The molecule has 1 atom stereocenters. The maximum absolute atomic E-state index is 13.0. The number of nitrogens with one attached hydrogen (secondary N) is 3. The molecule has 3 amide bonds. The van der Waals surface area contributed by atoms with Crippen molar-refractivity contribution in [2.24, 2.45) is 0 Å². The van der Waals surface area contributed by atoms with Gasteiger partial charge in [0.2, 0.25) is 5.91 Å². The number of rotatable bonds is 7. The van der Waals surface area contributed by atoms with Crippen LogP contribution in [-0.4, -0.2) is 30.8 Å². The highest BCUT2D eigenvalue weighted by molar-refractivity contribution is 6.30. The molecule has 0 bridgehead atoms. The Morgan fingerprint density at radius 3 is 2.00 bits per heavy atom. The predicted octanol–water partition coefficient (Wildman–Crippen LogP) is 3.68. The fourth-order valence-electron chi connectivity index (χ4n) is 2.98. The van der Waals surface area contributed by atoms with Crippen molar-refractivity contribution in [1.29, 1.82) is 0 Å².